The van der Waals surface area contributed by atoms with E-state index in [0.717, 1.165) is 24.1 Å². The molecule has 18 heavy (non-hydrogen) atoms. The maximum absolute atomic E-state index is 12.0. The lowest BCUT2D eigenvalue weighted by Crippen LogP contribution is -2.24. The Labute approximate surface area is 113 Å². The topological polar surface area (TPSA) is 38.3 Å². The van der Waals surface area contributed by atoms with Crippen LogP contribution in [0.3, 0.4) is 0 Å². The van der Waals surface area contributed by atoms with Crippen molar-refractivity contribution in [1.29, 1.82) is 0 Å². The number of hydrogen-bond donors (Lipinski definition) is 1. The summed E-state index contributed by atoms with van der Waals surface area (Å²) in [6.45, 7) is 1.39. The van der Waals surface area contributed by atoms with E-state index in [-0.39, 0.29) is 5.91 Å². The number of aryl methyl sites for hydroxylation is 2. The minimum absolute atomic E-state index is 0.0733. The number of carbonyl (C=O) groups excluding carboxylic acids is 1. The van der Waals surface area contributed by atoms with Gasteiger partial charge in [-0.2, -0.15) is 0 Å². The number of fused-ring (bicyclic) bond motifs is 1. The van der Waals surface area contributed by atoms with Crippen molar-refractivity contribution in [1.82, 2.24) is 5.32 Å². The highest BCUT2D eigenvalue weighted by molar-refractivity contribution is 7.14. The minimum Gasteiger partial charge on any atom is -0.385 e. The summed E-state index contributed by atoms with van der Waals surface area (Å²) in [7, 11) is 1.68. The average Bonchev–Trinajstić information content (AvgIpc) is 2.66. The van der Waals surface area contributed by atoms with Gasteiger partial charge in [0.1, 0.15) is 0 Å². The zero-order valence-electron chi connectivity index (χ0n) is 11.0. The minimum atomic E-state index is 0.0733. The van der Waals surface area contributed by atoms with Crippen LogP contribution >= 0.6 is 11.3 Å². The summed E-state index contributed by atoms with van der Waals surface area (Å²) in [5.41, 5.74) is 1.40. The molecule has 0 saturated carbocycles. The average molecular weight is 267 g/mol. The number of ether oxygens (including phenoxy) is 1. The summed E-state index contributed by atoms with van der Waals surface area (Å²) in [6, 6.07) is 2.09. The van der Waals surface area contributed by atoms with E-state index < -0.39 is 0 Å². The summed E-state index contributed by atoms with van der Waals surface area (Å²) in [6.07, 6.45) is 7.01. The predicted molar refractivity (Wildman–Crippen MR) is 74.4 cm³/mol. The molecule has 0 unspecified atom stereocenters. The maximum Gasteiger partial charge on any atom is 0.261 e. The molecule has 1 aromatic heterocycles. The van der Waals surface area contributed by atoms with Crippen molar-refractivity contribution in [3.63, 3.8) is 0 Å². The molecular weight excluding hydrogens is 246 g/mol. The molecule has 3 nitrogen and oxygen atoms in total. The fourth-order valence-electron chi connectivity index (χ4n) is 2.28. The fourth-order valence-corrected chi connectivity index (χ4v) is 3.45. The van der Waals surface area contributed by atoms with E-state index in [9.17, 15) is 4.79 Å². The first-order valence-electron chi connectivity index (χ1n) is 6.70. The molecule has 1 aliphatic carbocycles. The number of carbonyl (C=O) groups is 1. The van der Waals surface area contributed by atoms with Crippen molar-refractivity contribution in [2.45, 2.75) is 38.5 Å². The molecule has 0 spiro atoms. The Hall–Kier alpha value is -0.870. The second-order valence-corrected chi connectivity index (χ2v) is 5.86. The first kappa shape index (κ1) is 13.6. The van der Waals surface area contributed by atoms with Gasteiger partial charge in [-0.05, 0) is 43.7 Å². The molecule has 0 atom stereocenters. The van der Waals surface area contributed by atoms with Crippen LogP contribution in [0.25, 0.3) is 0 Å². The van der Waals surface area contributed by atoms with Crippen LogP contribution < -0.4 is 5.32 Å². The number of thiophene rings is 1. The van der Waals surface area contributed by atoms with Crippen molar-refractivity contribution in [2.24, 2.45) is 0 Å². The Morgan fingerprint density at radius 3 is 3.06 bits per heavy atom. The summed E-state index contributed by atoms with van der Waals surface area (Å²) < 4.78 is 4.96. The van der Waals surface area contributed by atoms with Crippen LogP contribution in [0.2, 0.25) is 0 Å². The maximum atomic E-state index is 12.0. The lowest BCUT2D eigenvalue weighted by atomic mass is 10.1. The second kappa shape index (κ2) is 6.90. The van der Waals surface area contributed by atoms with E-state index >= 15 is 0 Å². The van der Waals surface area contributed by atoms with E-state index in [2.05, 4.69) is 11.4 Å². The lowest BCUT2D eigenvalue weighted by Gasteiger charge is -2.02. The van der Waals surface area contributed by atoms with Crippen LogP contribution in [-0.4, -0.2) is 26.2 Å². The molecular formula is C14H21NO2S. The molecule has 1 N–H and O–H groups in total. The number of nitrogens with one attached hydrogen (secondary N) is 1. The largest absolute Gasteiger partial charge is 0.385 e. The highest BCUT2D eigenvalue weighted by Gasteiger charge is 2.15. The molecule has 1 heterocycles. The summed E-state index contributed by atoms with van der Waals surface area (Å²) in [4.78, 5) is 14.3. The molecule has 2 rings (SSSR count). The van der Waals surface area contributed by atoms with Crippen LogP contribution in [0.15, 0.2) is 6.07 Å². The molecule has 0 aliphatic heterocycles. The monoisotopic (exact) mass is 267 g/mol. The normalized spacial score (nSPS) is 14.9. The van der Waals surface area contributed by atoms with Gasteiger partial charge in [0.05, 0.1) is 4.88 Å². The summed E-state index contributed by atoms with van der Waals surface area (Å²) in [5.74, 6) is 0.0733. The van der Waals surface area contributed by atoms with Crippen LogP contribution in [-0.2, 0) is 17.6 Å². The first-order valence-corrected chi connectivity index (χ1v) is 7.51. The predicted octanol–water partition coefficient (Wildman–Crippen LogP) is 2.78. The van der Waals surface area contributed by atoms with Crippen molar-refractivity contribution < 1.29 is 9.53 Å². The number of hydrogen-bond acceptors (Lipinski definition) is 3. The van der Waals surface area contributed by atoms with E-state index in [0.29, 0.717) is 13.2 Å². The Morgan fingerprint density at radius 2 is 2.22 bits per heavy atom. The molecule has 4 heteroatoms. The molecule has 1 aromatic rings. The zero-order chi connectivity index (χ0) is 12.8. The van der Waals surface area contributed by atoms with Gasteiger partial charge in [-0.1, -0.05) is 6.42 Å². The highest BCUT2D eigenvalue weighted by Crippen LogP contribution is 2.28. The number of amides is 1. The van der Waals surface area contributed by atoms with Gasteiger partial charge in [0.15, 0.2) is 0 Å². The number of methoxy groups -OCH3 is 1. The second-order valence-electron chi connectivity index (χ2n) is 4.72. The van der Waals surface area contributed by atoms with Crippen LogP contribution in [0, 0.1) is 0 Å². The van der Waals surface area contributed by atoms with Crippen molar-refractivity contribution >= 4 is 17.2 Å². The highest BCUT2D eigenvalue weighted by atomic mass is 32.1. The van der Waals surface area contributed by atoms with Crippen LogP contribution in [0.4, 0.5) is 0 Å². The first-order chi connectivity index (χ1) is 8.81. The Bertz CT molecular complexity index is 377. The zero-order valence-corrected chi connectivity index (χ0v) is 11.8. The molecule has 100 valence electrons. The Balaban J connectivity index is 1.90. The van der Waals surface area contributed by atoms with E-state index in [1.165, 1.54) is 29.7 Å². The van der Waals surface area contributed by atoms with Gasteiger partial charge in [0.25, 0.3) is 5.91 Å². The molecule has 0 bridgehead atoms. The van der Waals surface area contributed by atoms with Gasteiger partial charge in [-0.3, -0.25) is 4.79 Å². The van der Waals surface area contributed by atoms with Crippen molar-refractivity contribution in [2.75, 3.05) is 20.3 Å². The van der Waals surface area contributed by atoms with Gasteiger partial charge in [0.2, 0.25) is 0 Å². The summed E-state index contributed by atoms with van der Waals surface area (Å²) >= 11 is 1.68. The summed E-state index contributed by atoms with van der Waals surface area (Å²) in [5, 5.41) is 2.95. The molecule has 0 saturated heterocycles. The van der Waals surface area contributed by atoms with Gasteiger partial charge in [0, 0.05) is 25.1 Å². The van der Waals surface area contributed by atoms with Gasteiger partial charge in [-0.15, -0.1) is 11.3 Å². The van der Waals surface area contributed by atoms with Crippen molar-refractivity contribution in [3.8, 4) is 0 Å². The van der Waals surface area contributed by atoms with E-state index in [1.54, 1.807) is 18.4 Å². The van der Waals surface area contributed by atoms with E-state index in [1.807, 2.05) is 0 Å². The Kier molecular flexibility index (Phi) is 5.20. The molecule has 0 aromatic carbocycles. The van der Waals surface area contributed by atoms with Gasteiger partial charge >= 0.3 is 0 Å². The van der Waals surface area contributed by atoms with Gasteiger partial charge in [-0.25, -0.2) is 0 Å². The number of rotatable bonds is 5. The smallest absolute Gasteiger partial charge is 0.261 e. The third-order valence-corrected chi connectivity index (χ3v) is 4.52. The quantitative estimate of drug-likeness (QED) is 0.658. The standard InChI is InChI=1S/C14H21NO2S/c1-17-9-5-8-15-14(16)13-10-11-6-3-2-4-7-12(11)18-13/h10H,2-9H2,1H3,(H,15,16). The third kappa shape index (κ3) is 3.56. The SMILES string of the molecule is COCCCNC(=O)c1cc2c(s1)CCCCC2. The van der Waals surface area contributed by atoms with Gasteiger partial charge < -0.3 is 10.1 Å². The molecule has 1 aliphatic rings. The molecule has 0 fully saturated rings. The molecule has 1 amide bonds. The fraction of sp³-hybridized carbons (Fsp3) is 0.643. The third-order valence-electron chi connectivity index (χ3n) is 3.28. The van der Waals surface area contributed by atoms with Crippen LogP contribution in [0.5, 0.6) is 0 Å². The molecule has 0 radical (unpaired) electrons. The van der Waals surface area contributed by atoms with Crippen molar-refractivity contribution in [3.05, 3.63) is 21.4 Å². The lowest BCUT2D eigenvalue weighted by molar-refractivity contribution is 0.0952. The Morgan fingerprint density at radius 1 is 1.39 bits per heavy atom. The van der Waals surface area contributed by atoms with Crippen LogP contribution in [0.1, 0.15) is 45.8 Å². The van der Waals surface area contributed by atoms with E-state index in [4.69, 9.17) is 4.74 Å².